The summed E-state index contributed by atoms with van der Waals surface area (Å²) < 4.78 is 80.8. The number of benzene rings is 2. The third kappa shape index (κ3) is 4.14. The van der Waals surface area contributed by atoms with Crippen LogP contribution in [0.3, 0.4) is 0 Å². The molecular formula is C17H14ClF4N2O6P. The molecular weight excluding hydrogens is 471 g/mol. The predicted molar refractivity (Wildman–Crippen MR) is 99.9 cm³/mol. The van der Waals surface area contributed by atoms with Gasteiger partial charge in [0, 0.05) is 16.1 Å². The first-order valence-corrected chi connectivity index (χ1v) is 10.1. The highest BCUT2D eigenvalue weighted by atomic mass is 35.5. The first kappa shape index (κ1) is 23.5. The van der Waals surface area contributed by atoms with Crippen molar-refractivity contribution in [3.8, 4) is 5.75 Å². The highest BCUT2D eigenvalue weighted by Gasteiger charge is 2.55. The summed E-state index contributed by atoms with van der Waals surface area (Å²) in [5.74, 6) is 3.10. The number of nitrogens with zero attached hydrogens (tertiary/aromatic N) is 1. The maximum atomic E-state index is 16.4. The molecule has 0 saturated carbocycles. The summed E-state index contributed by atoms with van der Waals surface area (Å²) in [6.07, 6.45) is -4.81. The van der Waals surface area contributed by atoms with E-state index in [9.17, 15) is 27.4 Å². The number of alkyl halides is 4. The highest BCUT2D eigenvalue weighted by Crippen LogP contribution is 2.52. The number of methoxy groups -OCH3 is 1. The second-order valence-corrected chi connectivity index (χ2v) is 8.14. The number of phosphoric ester groups is 1. The lowest BCUT2D eigenvalue weighted by atomic mass is 9.88. The van der Waals surface area contributed by atoms with Crippen molar-refractivity contribution in [2.45, 2.75) is 11.8 Å². The zero-order valence-electron chi connectivity index (χ0n) is 15.5. The lowest BCUT2D eigenvalue weighted by Crippen LogP contribution is -2.39. The van der Waals surface area contributed by atoms with Gasteiger partial charge in [-0.25, -0.2) is 19.5 Å². The third-order valence-electron chi connectivity index (χ3n) is 4.54. The van der Waals surface area contributed by atoms with E-state index in [0.29, 0.717) is 17.0 Å². The van der Waals surface area contributed by atoms with Gasteiger partial charge in [-0.2, -0.15) is 13.2 Å². The Hall–Kier alpha value is -2.21. The molecule has 0 radical (unpaired) electrons. The molecule has 0 aromatic heterocycles. The number of ether oxygens (including phenoxy) is 1. The van der Waals surface area contributed by atoms with Crippen molar-refractivity contribution in [3.05, 3.63) is 58.1 Å². The summed E-state index contributed by atoms with van der Waals surface area (Å²) in [6, 6.07) is 5.63. The number of hydrogen-bond donors (Lipinski definition) is 2. The first-order chi connectivity index (χ1) is 14.3. The van der Waals surface area contributed by atoms with Crippen molar-refractivity contribution < 1.29 is 45.7 Å². The molecule has 14 heteroatoms. The number of fused-ring (bicyclic) bond motifs is 1. The van der Waals surface area contributed by atoms with E-state index in [4.69, 9.17) is 16.3 Å². The summed E-state index contributed by atoms with van der Waals surface area (Å²) >= 11 is 5.93. The molecule has 3 rings (SSSR count). The average molecular weight is 485 g/mol. The first-order valence-electron chi connectivity index (χ1n) is 8.27. The summed E-state index contributed by atoms with van der Waals surface area (Å²) in [7, 11) is -3.65. The number of carbonyl (C=O) groups is 1. The molecule has 0 spiro atoms. The van der Waals surface area contributed by atoms with E-state index >= 15 is 4.39 Å². The minimum Gasteiger partial charge on any atom is -0.496 e. The summed E-state index contributed by atoms with van der Waals surface area (Å²) in [5, 5.41) is 0.0279. The zero-order chi connectivity index (χ0) is 23.2. The molecule has 1 heterocycles. The molecule has 0 aliphatic carbocycles. The average Bonchev–Trinajstić information content (AvgIpc) is 2.93. The summed E-state index contributed by atoms with van der Waals surface area (Å²) in [4.78, 5) is 22.8. The number of amides is 1. The van der Waals surface area contributed by atoms with Crippen molar-refractivity contribution in [2.75, 3.05) is 18.7 Å². The van der Waals surface area contributed by atoms with Gasteiger partial charge in [0.15, 0.2) is 0 Å². The van der Waals surface area contributed by atoms with Gasteiger partial charge in [-0.3, -0.25) is 14.2 Å². The van der Waals surface area contributed by atoms with E-state index in [0.717, 1.165) is 12.1 Å². The van der Waals surface area contributed by atoms with E-state index < -0.39 is 49.1 Å². The van der Waals surface area contributed by atoms with Gasteiger partial charge in [0.05, 0.1) is 18.4 Å². The number of rotatable bonds is 6. The van der Waals surface area contributed by atoms with Crippen LogP contribution in [0, 0.1) is 0 Å². The van der Waals surface area contributed by atoms with Gasteiger partial charge >= 0.3 is 14.0 Å². The Morgan fingerprint density at radius 1 is 1.23 bits per heavy atom. The third-order valence-corrected chi connectivity index (χ3v) is 5.49. The van der Waals surface area contributed by atoms with Crippen molar-refractivity contribution >= 4 is 31.0 Å². The number of carbonyl (C=O) groups excluding carboxylic acids is 1. The Labute approximate surface area is 177 Å². The van der Waals surface area contributed by atoms with E-state index in [-0.39, 0.29) is 16.3 Å². The molecule has 168 valence electrons. The molecule has 0 saturated heterocycles. The van der Waals surface area contributed by atoms with Gasteiger partial charge in [-0.1, -0.05) is 17.7 Å². The molecule has 2 aromatic rings. The van der Waals surface area contributed by atoms with E-state index in [1.807, 2.05) is 0 Å². The molecule has 0 bridgehead atoms. The Kier molecular flexibility index (Phi) is 6.09. The maximum Gasteiger partial charge on any atom is 0.490 e. The van der Waals surface area contributed by atoms with Crippen LogP contribution in [0.15, 0.2) is 36.4 Å². The van der Waals surface area contributed by atoms with Gasteiger partial charge in [-0.15, -0.1) is 0 Å². The molecule has 31 heavy (non-hydrogen) atoms. The molecule has 8 nitrogen and oxygen atoms in total. The molecule has 2 atom stereocenters. The number of anilines is 1. The fourth-order valence-electron chi connectivity index (χ4n) is 3.13. The monoisotopic (exact) mass is 484 g/mol. The van der Waals surface area contributed by atoms with Gasteiger partial charge < -0.3 is 9.63 Å². The molecule has 1 aliphatic heterocycles. The lowest BCUT2D eigenvalue weighted by molar-refractivity contribution is -0.137. The van der Waals surface area contributed by atoms with Crippen LogP contribution in [-0.2, 0) is 30.4 Å². The Morgan fingerprint density at radius 2 is 1.90 bits per heavy atom. The van der Waals surface area contributed by atoms with Gasteiger partial charge in [0.1, 0.15) is 12.5 Å². The summed E-state index contributed by atoms with van der Waals surface area (Å²) in [6.45, 7) is -1.13. The Morgan fingerprint density at radius 3 is 2.48 bits per heavy atom. The lowest BCUT2D eigenvalue weighted by Gasteiger charge is -2.23. The van der Waals surface area contributed by atoms with Crippen LogP contribution in [0.5, 0.6) is 5.75 Å². The van der Waals surface area contributed by atoms with Gasteiger partial charge in [0.2, 0.25) is 5.67 Å². The number of phosphoric acid groups is 1. The Balaban J connectivity index is 2.21. The van der Waals surface area contributed by atoms with Crippen molar-refractivity contribution in [3.63, 3.8) is 0 Å². The Bertz CT molecular complexity index is 1090. The van der Waals surface area contributed by atoms with Crippen LogP contribution in [0.25, 0.3) is 0 Å². The minimum absolute atomic E-state index is 0.0279. The molecule has 2 unspecified atom stereocenters. The SMILES string of the molecule is COc1ccc(Cl)cc1C1(F)C(=O)N(COP(=O)(O)ON)c2cc(C(F)(F)F)ccc21. The number of halogens is 5. The quantitative estimate of drug-likeness (QED) is 0.363. The van der Waals surface area contributed by atoms with Gasteiger partial charge in [0.25, 0.3) is 5.91 Å². The molecule has 1 aliphatic rings. The van der Waals surface area contributed by atoms with E-state index in [1.165, 1.54) is 19.2 Å². The van der Waals surface area contributed by atoms with Crippen LogP contribution < -0.4 is 15.5 Å². The second kappa shape index (κ2) is 8.05. The minimum atomic E-state index is -4.85. The smallest absolute Gasteiger partial charge is 0.490 e. The topological polar surface area (TPSA) is 111 Å². The molecule has 0 fully saturated rings. The van der Waals surface area contributed by atoms with Crippen LogP contribution in [0.4, 0.5) is 23.2 Å². The normalized spacial score (nSPS) is 20.5. The molecule has 3 N–H and O–H groups in total. The fraction of sp³-hybridized carbons (Fsp3) is 0.235. The van der Waals surface area contributed by atoms with E-state index in [1.54, 1.807) is 0 Å². The van der Waals surface area contributed by atoms with Crippen molar-refractivity contribution in [2.24, 2.45) is 5.90 Å². The molecule has 1 amide bonds. The molecule has 2 aromatic carbocycles. The highest BCUT2D eigenvalue weighted by molar-refractivity contribution is 7.47. The number of nitrogens with two attached hydrogens (primary N) is 1. The zero-order valence-corrected chi connectivity index (χ0v) is 17.2. The van der Waals surface area contributed by atoms with Gasteiger partial charge in [-0.05, 0) is 30.3 Å². The summed E-state index contributed by atoms with van der Waals surface area (Å²) in [5.41, 5.74) is -5.62. The van der Waals surface area contributed by atoms with Crippen molar-refractivity contribution in [1.82, 2.24) is 0 Å². The second-order valence-electron chi connectivity index (χ2n) is 6.30. The van der Waals surface area contributed by atoms with Crippen LogP contribution in [-0.4, -0.2) is 24.6 Å². The van der Waals surface area contributed by atoms with Crippen LogP contribution >= 0.6 is 19.4 Å². The fourth-order valence-corrected chi connectivity index (χ4v) is 3.63. The van der Waals surface area contributed by atoms with Crippen molar-refractivity contribution in [1.29, 1.82) is 0 Å². The number of hydrogen-bond acceptors (Lipinski definition) is 6. The van der Waals surface area contributed by atoms with E-state index in [2.05, 4.69) is 15.0 Å². The maximum absolute atomic E-state index is 16.4. The largest absolute Gasteiger partial charge is 0.496 e. The van der Waals surface area contributed by atoms with Crippen LogP contribution in [0.2, 0.25) is 5.02 Å². The van der Waals surface area contributed by atoms with Crippen LogP contribution in [0.1, 0.15) is 16.7 Å². The predicted octanol–water partition coefficient (Wildman–Crippen LogP) is 3.89. The standard InChI is InChI=1S/C17H14ClF4N2O6P/c1-28-14-5-3-10(18)7-12(14)16(19)11-4-2-9(17(20,21)22)6-13(11)24(15(16)25)8-29-31(26,27)30-23/h2-7H,8,23H2,1H3,(H,26,27).